The maximum atomic E-state index is 12.1. The van der Waals surface area contributed by atoms with Crippen LogP contribution in [0.4, 0.5) is 5.69 Å². The summed E-state index contributed by atoms with van der Waals surface area (Å²) in [7, 11) is 0. The van der Waals surface area contributed by atoms with Crippen molar-refractivity contribution in [1.29, 1.82) is 5.26 Å². The summed E-state index contributed by atoms with van der Waals surface area (Å²) in [6.45, 7) is 5.34. The van der Waals surface area contributed by atoms with E-state index in [-0.39, 0.29) is 11.6 Å². The number of halogens is 1. The van der Waals surface area contributed by atoms with E-state index in [1.54, 1.807) is 4.90 Å². The number of rotatable bonds is 1. The number of carbonyl (C=O) groups excluding carboxylic acids is 1. The Morgan fingerprint density at radius 2 is 2.05 bits per heavy atom. The summed E-state index contributed by atoms with van der Waals surface area (Å²) >= 11 is 3.28. The van der Waals surface area contributed by atoms with Gasteiger partial charge < -0.3 is 5.73 Å². The number of fused-ring (bicyclic) bond motifs is 1. The molecule has 0 radical (unpaired) electrons. The second-order valence-corrected chi connectivity index (χ2v) is 6.00. The second kappa shape index (κ2) is 5.34. The SMILES string of the molecule is CC(=O)N1C(C(Br)=C(N)C#N)=Nc2ccccc2C1(C)C. The van der Waals surface area contributed by atoms with E-state index >= 15 is 0 Å². The summed E-state index contributed by atoms with van der Waals surface area (Å²) in [6.07, 6.45) is 0. The zero-order valence-corrected chi connectivity index (χ0v) is 13.6. The van der Waals surface area contributed by atoms with Gasteiger partial charge in [0.2, 0.25) is 5.91 Å². The Morgan fingerprint density at radius 1 is 1.43 bits per heavy atom. The minimum absolute atomic E-state index is 0.0184. The lowest BCUT2D eigenvalue weighted by Crippen LogP contribution is -2.50. The molecule has 1 aliphatic heterocycles. The maximum Gasteiger partial charge on any atom is 0.225 e. The number of carbonyl (C=O) groups is 1. The van der Waals surface area contributed by atoms with Crippen LogP contribution in [0, 0.1) is 11.3 Å². The van der Waals surface area contributed by atoms with Gasteiger partial charge in [0.15, 0.2) is 5.84 Å². The van der Waals surface area contributed by atoms with E-state index in [2.05, 4.69) is 20.9 Å². The van der Waals surface area contributed by atoms with Gasteiger partial charge in [-0.1, -0.05) is 18.2 Å². The molecule has 0 fully saturated rings. The molecule has 1 aromatic rings. The fourth-order valence-corrected chi connectivity index (χ4v) is 2.85. The Balaban J connectivity index is 2.77. The largest absolute Gasteiger partial charge is 0.389 e. The molecule has 0 atom stereocenters. The van der Waals surface area contributed by atoms with E-state index in [9.17, 15) is 4.79 Å². The van der Waals surface area contributed by atoms with Crippen LogP contribution in [0.3, 0.4) is 0 Å². The monoisotopic (exact) mass is 346 g/mol. The Hall–Kier alpha value is -2.13. The highest BCUT2D eigenvalue weighted by atomic mass is 79.9. The predicted molar refractivity (Wildman–Crippen MR) is 84.8 cm³/mol. The van der Waals surface area contributed by atoms with Crippen LogP contribution in [-0.2, 0) is 10.3 Å². The van der Waals surface area contributed by atoms with Gasteiger partial charge in [0.25, 0.3) is 0 Å². The highest BCUT2D eigenvalue weighted by molar-refractivity contribution is 9.12. The quantitative estimate of drug-likeness (QED) is 0.793. The molecule has 0 aromatic heterocycles. The molecule has 2 rings (SSSR count). The van der Waals surface area contributed by atoms with Gasteiger partial charge in [-0.25, -0.2) is 4.99 Å². The average molecular weight is 347 g/mol. The lowest BCUT2D eigenvalue weighted by atomic mass is 9.88. The molecule has 1 amide bonds. The van der Waals surface area contributed by atoms with E-state index in [1.807, 2.05) is 44.2 Å². The first kappa shape index (κ1) is 15.3. The molecule has 1 aromatic carbocycles. The smallest absolute Gasteiger partial charge is 0.225 e. The van der Waals surface area contributed by atoms with Gasteiger partial charge >= 0.3 is 0 Å². The summed E-state index contributed by atoms with van der Waals surface area (Å²) in [6, 6.07) is 9.47. The zero-order valence-electron chi connectivity index (χ0n) is 12.0. The van der Waals surface area contributed by atoms with Crippen LogP contribution in [0.1, 0.15) is 26.3 Å². The number of allylic oxidation sites excluding steroid dienone is 1. The first-order chi connectivity index (χ1) is 9.80. The molecule has 1 aliphatic rings. The van der Waals surface area contributed by atoms with Crippen molar-refractivity contribution < 1.29 is 4.79 Å². The van der Waals surface area contributed by atoms with Crippen LogP contribution in [0.2, 0.25) is 0 Å². The second-order valence-electron chi connectivity index (χ2n) is 5.21. The molecular formula is C15H15BrN4O. The van der Waals surface area contributed by atoms with Crippen molar-refractivity contribution in [2.75, 3.05) is 0 Å². The molecule has 0 saturated heterocycles. The Bertz CT molecular complexity index is 713. The van der Waals surface area contributed by atoms with Crippen LogP contribution < -0.4 is 5.73 Å². The summed E-state index contributed by atoms with van der Waals surface area (Å²) in [5.74, 6) is 0.182. The van der Waals surface area contributed by atoms with Gasteiger partial charge in [0.05, 0.1) is 15.7 Å². The Labute approximate surface area is 131 Å². The van der Waals surface area contributed by atoms with Gasteiger partial charge in [-0.2, -0.15) is 5.26 Å². The molecule has 0 aliphatic carbocycles. The van der Waals surface area contributed by atoms with Gasteiger partial charge in [0, 0.05) is 12.5 Å². The highest BCUT2D eigenvalue weighted by Gasteiger charge is 2.40. The summed E-state index contributed by atoms with van der Waals surface area (Å²) < 4.78 is 0.322. The molecule has 0 spiro atoms. The standard InChI is InChI=1S/C15H15BrN4O/c1-9(21)20-14(13(16)11(18)8-17)19-12-7-5-4-6-10(12)15(20,2)3/h4-7H,18H2,1-3H3. The fourth-order valence-electron chi connectivity index (χ4n) is 2.50. The molecule has 21 heavy (non-hydrogen) atoms. The van der Waals surface area contributed by atoms with Crippen molar-refractivity contribution in [2.24, 2.45) is 10.7 Å². The third-order valence-electron chi connectivity index (χ3n) is 3.43. The number of amidine groups is 1. The van der Waals surface area contributed by atoms with E-state index < -0.39 is 5.54 Å². The molecule has 0 bridgehead atoms. The number of aliphatic imine (C=N–C) groups is 1. The molecule has 6 heteroatoms. The number of nitrogens with two attached hydrogens (primary N) is 1. The number of para-hydroxylation sites is 1. The van der Waals surface area contributed by atoms with Crippen molar-refractivity contribution in [2.45, 2.75) is 26.3 Å². The number of nitriles is 1. The molecular weight excluding hydrogens is 332 g/mol. The van der Waals surface area contributed by atoms with E-state index in [0.717, 1.165) is 11.3 Å². The van der Waals surface area contributed by atoms with Crippen LogP contribution in [0.15, 0.2) is 39.4 Å². The number of benzene rings is 1. The minimum Gasteiger partial charge on any atom is -0.389 e. The molecule has 108 valence electrons. The van der Waals surface area contributed by atoms with Gasteiger partial charge in [-0.05, 0) is 35.8 Å². The third-order valence-corrected chi connectivity index (χ3v) is 4.21. The van der Waals surface area contributed by atoms with Gasteiger partial charge in [-0.3, -0.25) is 9.69 Å². The molecule has 1 heterocycles. The summed E-state index contributed by atoms with van der Waals surface area (Å²) in [5, 5.41) is 8.96. The molecule has 0 saturated carbocycles. The van der Waals surface area contributed by atoms with Crippen LogP contribution >= 0.6 is 15.9 Å². The van der Waals surface area contributed by atoms with Crippen molar-refractivity contribution in [3.05, 3.63) is 40.0 Å². The topological polar surface area (TPSA) is 82.5 Å². The predicted octanol–water partition coefficient (Wildman–Crippen LogP) is 2.90. The lowest BCUT2D eigenvalue weighted by Gasteiger charge is -2.42. The van der Waals surface area contributed by atoms with E-state index in [1.165, 1.54) is 6.92 Å². The van der Waals surface area contributed by atoms with Gasteiger partial charge in [0.1, 0.15) is 11.8 Å². The number of nitrogens with zero attached hydrogens (tertiary/aromatic N) is 3. The fraction of sp³-hybridized carbons (Fsp3) is 0.267. The lowest BCUT2D eigenvalue weighted by molar-refractivity contribution is -0.129. The number of hydrogen-bond donors (Lipinski definition) is 1. The van der Waals surface area contributed by atoms with Crippen molar-refractivity contribution >= 4 is 33.4 Å². The molecule has 2 N–H and O–H groups in total. The first-order valence-corrected chi connectivity index (χ1v) is 7.14. The Kier molecular flexibility index (Phi) is 3.88. The van der Waals surface area contributed by atoms with Crippen LogP contribution in [0.25, 0.3) is 0 Å². The molecule has 0 unspecified atom stereocenters. The Morgan fingerprint density at radius 3 is 2.62 bits per heavy atom. The normalized spacial score (nSPS) is 17.3. The molecule has 5 nitrogen and oxygen atoms in total. The minimum atomic E-state index is -0.589. The number of amides is 1. The average Bonchev–Trinajstić information content (AvgIpc) is 2.44. The van der Waals surface area contributed by atoms with Crippen LogP contribution in [-0.4, -0.2) is 16.6 Å². The first-order valence-electron chi connectivity index (χ1n) is 6.35. The maximum absolute atomic E-state index is 12.1. The van der Waals surface area contributed by atoms with E-state index in [4.69, 9.17) is 11.0 Å². The zero-order chi connectivity index (χ0) is 15.8. The van der Waals surface area contributed by atoms with Crippen molar-refractivity contribution in [3.63, 3.8) is 0 Å². The van der Waals surface area contributed by atoms with Crippen LogP contribution in [0.5, 0.6) is 0 Å². The van der Waals surface area contributed by atoms with Crippen molar-refractivity contribution in [3.8, 4) is 6.07 Å². The summed E-state index contributed by atoms with van der Waals surface area (Å²) in [4.78, 5) is 18.2. The number of hydrogen-bond acceptors (Lipinski definition) is 4. The summed E-state index contributed by atoms with van der Waals surface area (Å²) in [5.41, 5.74) is 6.77. The van der Waals surface area contributed by atoms with Gasteiger partial charge in [-0.15, -0.1) is 0 Å². The van der Waals surface area contributed by atoms with E-state index in [0.29, 0.717) is 10.3 Å². The highest BCUT2D eigenvalue weighted by Crippen LogP contribution is 2.41. The van der Waals surface area contributed by atoms with Crippen molar-refractivity contribution in [1.82, 2.24) is 4.90 Å². The third kappa shape index (κ3) is 2.45.